The molecule has 0 aromatic carbocycles. The van der Waals surface area contributed by atoms with Crippen LogP contribution >= 0.6 is 0 Å². The van der Waals surface area contributed by atoms with Crippen LogP contribution in [0.2, 0.25) is 0 Å². The lowest BCUT2D eigenvalue weighted by Crippen LogP contribution is -2.46. The highest BCUT2D eigenvalue weighted by molar-refractivity contribution is 4.71. The molecule has 1 saturated carbocycles. The first-order valence-electron chi connectivity index (χ1n) is 25.5. The Kier molecular flexibility index (Phi) is 41.3. The number of nitrogens with one attached hydrogen (secondary N) is 1. The van der Waals surface area contributed by atoms with Gasteiger partial charge in [0.25, 0.3) is 0 Å². The maximum Gasteiger partial charge on any atom is 0.0243 e. The van der Waals surface area contributed by atoms with Crippen molar-refractivity contribution in [3.63, 3.8) is 0 Å². The summed E-state index contributed by atoms with van der Waals surface area (Å²) in [7, 11) is 0. The lowest BCUT2D eigenvalue weighted by molar-refractivity contribution is 0.102. The molecular weight excluding hydrogens is 645 g/mol. The minimum atomic E-state index is 0. The molecule has 0 amide bonds. The fourth-order valence-corrected chi connectivity index (χ4v) is 9.48. The SMILES string of the molecule is C1CCCCCCCCCCCCC(N2CCCCCCCCCCCCCCCCCCCCCCCCN2)CCCCCCCCCCCC1.O. The first-order chi connectivity index (χ1) is 26.0. The average Bonchev–Trinajstić information content (AvgIpc) is 3.15. The van der Waals surface area contributed by atoms with Gasteiger partial charge in [-0.15, -0.1) is 0 Å². The van der Waals surface area contributed by atoms with Crippen LogP contribution in [0.1, 0.15) is 302 Å². The van der Waals surface area contributed by atoms with Crippen molar-refractivity contribution in [1.82, 2.24) is 10.4 Å². The van der Waals surface area contributed by atoms with Crippen LogP contribution in [0.3, 0.4) is 0 Å². The third-order valence-electron chi connectivity index (χ3n) is 13.2. The summed E-state index contributed by atoms with van der Waals surface area (Å²) in [5, 5.41) is 2.82. The summed E-state index contributed by atoms with van der Waals surface area (Å²) >= 11 is 0. The van der Waals surface area contributed by atoms with Gasteiger partial charge in [-0.3, -0.25) is 5.43 Å². The maximum absolute atomic E-state index is 4.09. The Balaban J connectivity index is 0.0000140. The molecule has 0 bridgehead atoms. The zero-order valence-electron chi connectivity index (χ0n) is 36.7. The predicted molar refractivity (Wildman–Crippen MR) is 239 cm³/mol. The van der Waals surface area contributed by atoms with Crippen molar-refractivity contribution in [2.45, 2.75) is 308 Å². The molecule has 2 rings (SSSR count). The van der Waals surface area contributed by atoms with Gasteiger partial charge in [0.15, 0.2) is 0 Å². The molecule has 0 spiro atoms. The Morgan fingerprint density at radius 3 is 0.660 bits per heavy atom. The monoisotopic (exact) mass is 747 g/mol. The van der Waals surface area contributed by atoms with E-state index in [-0.39, 0.29) is 5.48 Å². The second-order valence-corrected chi connectivity index (χ2v) is 18.2. The summed E-state index contributed by atoms with van der Waals surface area (Å²) < 4.78 is 0. The largest absolute Gasteiger partial charge is 0.412 e. The van der Waals surface area contributed by atoms with Crippen molar-refractivity contribution in [2.24, 2.45) is 0 Å². The molecule has 3 heteroatoms. The summed E-state index contributed by atoms with van der Waals surface area (Å²) in [5.41, 5.74) is 4.09. The maximum atomic E-state index is 4.09. The average molecular weight is 747 g/mol. The van der Waals surface area contributed by atoms with E-state index in [4.69, 9.17) is 0 Å². The van der Waals surface area contributed by atoms with Crippen molar-refractivity contribution in [3.05, 3.63) is 0 Å². The van der Waals surface area contributed by atoms with Crippen LogP contribution in [-0.4, -0.2) is 29.6 Å². The predicted octanol–water partition coefficient (Wildman–Crippen LogP) is 16.7. The van der Waals surface area contributed by atoms with E-state index in [0.29, 0.717) is 0 Å². The van der Waals surface area contributed by atoms with E-state index in [2.05, 4.69) is 10.4 Å². The van der Waals surface area contributed by atoms with Gasteiger partial charge in [0.05, 0.1) is 0 Å². The molecule has 53 heavy (non-hydrogen) atoms. The number of nitrogens with zero attached hydrogens (tertiary/aromatic N) is 1. The fourth-order valence-electron chi connectivity index (χ4n) is 9.48. The second kappa shape index (κ2) is 43.0. The highest BCUT2D eigenvalue weighted by Crippen LogP contribution is 2.22. The van der Waals surface area contributed by atoms with Crippen LogP contribution in [0.5, 0.6) is 0 Å². The smallest absolute Gasteiger partial charge is 0.0243 e. The first kappa shape index (κ1) is 50.9. The molecular formula is C50H102N2O. The summed E-state index contributed by atoms with van der Waals surface area (Å²) in [6.45, 7) is 2.49. The highest BCUT2D eigenvalue weighted by Gasteiger charge is 2.18. The van der Waals surface area contributed by atoms with Crippen LogP contribution < -0.4 is 5.43 Å². The van der Waals surface area contributed by atoms with Gasteiger partial charge in [-0.2, -0.15) is 0 Å². The summed E-state index contributed by atoms with van der Waals surface area (Å²) in [4.78, 5) is 0. The molecule has 2 fully saturated rings. The van der Waals surface area contributed by atoms with Crippen LogP contribution in [0.15, 0.2) is 0 Å². The van der Waals surface area contributed by atoms with Gasteiger partial charge in [-0.05, 0) is 25.7 Å². The lowest BCUT2D eigenvalue weighted by Gasteiger charge is -2.33. The zero-order chi connectivity index (χ0) is 36.5. The summed E-state index contributed by atoms with van der Waals surface area (Å²) in [5.74, 6) is 0. The molecule has 0 aromatic heterocycles. The van der Waals surface area contributed by atoms with Gasteiger partial charge in [-0.1, -0.05) is 276 Å². The number of hydrogen-bond donors (Lipinski definition) is 1. The topological polar surface area (TPSA) is 46.8 Å². The first-order valence-corrected chi connectivity index (χ1v) is 25.5. The Labute approximate surface area is 335 Å². The van der Waals surface area contributed by atoms with E-state index >= 15 is 0 Å². The summed E-state index contributed by atoms with van der Waals surface area (Å²) in [6, 6.07) is 0.755. The molecule has 2 aliphatic rings. The van der Waals surface area contributed by atoms with Crippen molar-refractivity contribution in [2.75, 3.05) is 13.1 Å². The number of hydrogen-bond acceptors (Lipinski definition) is 2. The summed E-state index contributed by atoms with van der Waals surface area (Å²) in [6.07, 6.45) is 69.2. The Morgan fingerprint density at radius 1 is 0.226 bits per heavy atom. The Hall–Kier alpha value is -0.120. The Bertz CT molecular complexity index is 562. The molecule has 1 aliphatic heterocycles. The van der Waals surface area contributed by atoms with E-state index in [1.807, 2.05) is 0 Å². The van der Waals surface area contributed by atoms with Crippen LogP contribution in [-0.2, 0) is 0 Å². The van der Waals surface area contributed by atoms with Gasteiger partial charge in [0.1, 0.15) is 0 Å². The fraction of sp³-hybridized carbons (Fsp3) is 1.00. The van der Waals surface area contributed by atoms with Crippen LogP contribution in [0.25, 0.3) is 0 Å². The van der Waals surface area contributed by atoms with Crippen molar-refractivity contribution < 1.29 is 5.48 Å². The normalized spacial score (nSPS) is 24.7. The molecule has 0 unspecified atom stereocenters. The molecule has 0 aromatic rings. The van der Waals surface area contributed by atoms with E-state index in [1.54, 1.807) is 0 Å². The molecule has 3 nitrogen and oxygen atoms in total. The van der Waals surface area contributed by atoms with Gasteiger partial charge < -0.3 is 5.48 Å². The van der Waals surface area contributed by atoms with Gasteiger partial charge in [0, 0.05) is 19.1 Å². The van der Waals surface area contributed by atoms with E-state index in [0.717, 1.165) is 6.04 Å². The highest BCUT2D eigenvalue weighted by atomic mass is 16.0. The molecule has 1 saturated heterocycles. The molecule has 318 valence electrons. The quantitative estimate of drug-likeness (QED) is 0.290. The van der Waals surface area contributed by atoms with E-state index < -0.39 is 0 Å². The number of hydrazine groups is 1. The molecule has 1 aliphatic carbocycles. The number of rotatable bonds is 1. The van der Waals surface area contributed by atoms with Crippen molar-refractivity contribution >= 4 is 0 Å². The van der Waals surface area contributed by atoms with E-state index in [1.165, 1.54) is 315 Å². The second-order valence-electron chi connectivity index (χ2n) is 18.2. The molecule has 1 heterocycles. The standard InChI is InChI=1S/C50H100N2.H2O/c1-2-6-10-14-18-22-26-30-34-38-42-46-50(47-43-39-35-31-27-23-19-15-11-7-3-1)52-49-45-41-37-33-29-25-21-17-13-9-5-4-8-12-16-20-24-28-32-36-40-44-48-51-52;/h50-51H,1-49H2;1H2. The van der Waals surface area contributed by atoms with Gasteiger partial charge in [-0.25, -0.2) is 5.01 Å². The molecule has 0 atom stereocenters. The minimum Gasteiger partial charge on any atom is -0.412 e. The van der Waals surface area contributed by atoms with Gasteiger partial charge >= 0.3 is 0 Å². The minimum absolute atomic E-state index is 0. The van der Waals surface area contributed by atoms with Crippen molar-refractivity contribution in [1.29, 1.82) is 0 Å². The molecule has 3 N–H and O–H groups in total. The lowest BCUT2D eigenvalue weighted by atomic mass is 9.98. The van der Waals surface area contributed by atoms with Gasteiger partial charge in [0.2, 0.25) is 0 Å². The third-order valence-corrected chi connectivity index (χ3v) is 13.2. The van der Waals surface area contributed by atoms with Crippen LogP contribution in [0, 0.1) is 0 Å². The third kappa shape index (κ3) is 36.0. The zero-order valence-corrected chi connectivity index (χ0v) is 36.7. The Morgan fingerprint density at radius 2 is 0.415 bits per heavy atom. The molecule has 0 radical (unpaired) electrons. The van der Waals surface area contributed by atoms with Crippen LogP contribution in [0.4, 0.5) is 0 Å². The van der Waals surface area contributed by atoms with Crippen molar-refractivity contribution in [3.8, 4) is 0 Å². The van der Waals surface area contributed by atoms with E-state index in [9.17, 15) is 0 Å².